The Labute approximate surface area is 77.5 Å². The monoisotopic (exact) mass is 198 g/mol. The average Bonchev–Trinajstić information content (AvgIpc) is 2.74. The lowest BCUT2D eigenvalue weighted by atomic mass is 10.5. The summed E-state index contributed by atoms with van der Waals surface area (Å²) in [6.45, 7) is 0.698. The molecule has 1 N–H and O–H groups in total. The second-order valence-corrected chi connectivity index (χ2v) is 3.59. The molecule has 0 aliphatic rings. The van der Waals surface area contributed by atoms with E-state index in [0.29, 0.717) is 6.54 Å². The topological polar surface area (TPSA) is 50.7 Å². The van der Waals surface area contributed by atoms with Crippen LogP contribution in [0, 0.1) is 0 Å². The Kier molecular flexibility index (Phi) is 2.28. The van der Waals surface area contributed by atoms with Gasteiger partial charge in [0.1, 0.15) is 0 Å². The van der Waals surface area contributed by atoms with E-state index in [-0.39, 0.29) is 0 Å². The summed E-state index contributed by atoms with van der Waals surface area (Å²) in [4.78, 5) is 4.08. The van der Waals surface area contributed by atoms with Gasteiger partial charge in [-0.15, -0.1) is 16.4 Å². The summed E-state index contributed by atoms with van der Waals surface area (Å²) in [6.07, 6.45) is 1.77. The van der Waals surface area contributed by atoms with E-state index in [1.165, 1.54) is 11.5 Å². The van der Waals surface area contributed by atoms with Crippen molar-refractivity contribution in [1.29, 1.82) is 0 Å². The molecule has 2 aromatic heterocycles. The van der Waals surface area contributed by atoms with Crippen molar-refractivity contribution in [2.45, 2.75) is 6.54 Å². The van der Waals surface area contributed by atoms with Crippen LogP contribution in [-0.4, -0.2) is 14.6 Å². The molecule has 0 fully saturated rings. The molecule has 0 bridgehead atoms. The number of rotatable bonds is 3. The maximum absolute atomic E-state index is 4.08. The molecule has 0 radical (unpaired) electrons. The first-order valence-electron chi connectivity index (χ1n) is 3.34. The van der Waals surface area contributed by atoms with Gasteiger partial charge < -0.3 is 5.32 Å². The van der Waals surface area contributed by atoms with Crippen molar-refractivity contribution < 1.29 is 0 Å². The highest BCUT2D eigenvalue weighted by Gasteiger charge is 1.96. The predicted octanol–water partition coefficient (Wildman–Crippen LogP) is 1.61. The Morgan fingerprint density at radius 3 is 3.17 bits per heavy atom. The fourth-order valence-corrected chi connectivity index (χ4v) is 1.72. The highest BCUT2D eigenvalue weighted by Crippen LogP contribution is 2.11. The van der Waals surface area contributed by atoms with Gasteiger partial charge in [-0.1, -0.05) is 4.49 Å². The highest BCUT2D eigenvalue weighted by atomic mass is 32.1. The SMILES string of the molecule is c1csc(NCc2csnn2)n1. The summed E-state index contributed by atoms with van der Waals surface area (Å²) >= 11 is 2.94. The van der Waals surface area contributed by atoms with Gasteiger partial charge in [0.05, 0.1) is 12.2 Å². The summed E-state index contributed by atoms with van der Waals surface area (Å²) in [5.74, 6) is 0. The number of aromatic nitrogens is 3. The zero-order valence-electron chi connectivity index (χ0n) is 6.10. The fourth-order valence-electron chi connectivity index (χ4n) is 0.738. The van der Waals surface area contributed by atoms with Crippen LogP contribution in [0.1, 0.15) is 5.69 Å². The van der Waals surface area contributed by atoms with E-state index >= 15 is 0 Å². The van der Waals surface area contributed by atoms with E-state index in [9.17, 15) is 0 Å². The van der Waals surface area contributed by atoms with Crippen LogP contribution in [0.3, 0.4) is 0 Å². The Hall–Kier alpha value is -1.01. The summed E-state index contributed by atoms with van der Waals surface area (Å²) in [5, 5.41) is 11.8. The third kappa shape index (κ3) is 1.77. The molecule has 6 heteroatoms. The lowest BCUT2D eigenvalue weighted by Gasteiger charge is -1.96. The van der Waals surface area contributed by atoms with E-state index < -0.39 is 0 Å². The van der Waals surface area contributed by atoms with E-state index in [4.69, 9.17) is 0 Å². The molecule has 4 nitrogen and oxygen atoms in total. The van der Waals surface area contributed by atoms with Crippen molar-refractivity contribution in [1.82, 2.24) is 14.6 Å². The molecule has 62 valence electrons. The first-order valence-corrected chi connectivity index (χ1v) is 5.06. The highest BCUT2D eigenvalue weighted by molar-refractivity contribution is 7.13. The smallest absolute Gasteiger partial charge is 0.182 e. The molecule has 0 aliphatic carbocycles. The van der Waals surface area contributed by atoms with Crippen molar-refractivity contribution in [3.63, 3.8) is 0 Å². The van der Waals surface area contributed by atoms with Crippen molar-refractivity contribution in [3.05, 3.63) is 22.7 Å². The predicted molar refractivity (Wildman–Crippen MR) is 49.3 cm³/mol. The molecule has 2 aromatic rings. The Morgan fingerprint density at radius 2 is 2.50 bits per heavy atom. The summed E-state index contributed by atoms with van der Waals surface area (Å²) < 4.78 is 3.76. The molecule has 0 aliphatic heterocycles. The van der Waals surface area contributed by atoms with Gasteiger partial charge in [-0.05, 0) is 11.5 Å². The second kappa shape index (κ2) is 3.59. The molecule has 0 saturated heterocycles. The van der Waals surface area contributed by atoms with Crippen molar-refractivity contribution in [3.8, 4) is 0 Å². The van der Waals surface area contributed by atoms with Gasteiger partial charge >= 0.3 is 0 Å². The van der Waals surface area contributed by atoms with Gasteiger partial charge in [0, 0.05) is 17.0 Å². The molecule has 0 saturated carbocycles. The molecule has 0 unspecified atom stereocenters. The number of nitrogens with zero attached hydrogens (tertiary/aromatic N) is 3. The summed E-state index contributed by atoms with van der Waals surface area (Å²) in [7, 11) is 0. The molecular weight excluding hydrogens is 192 g/mol. The van der Waals surface area contributed by atoms with Gasteiger partial charge in [-0.2, -0.15) is 0 Å². The molecule has 0 spiro atoms. The van der Waals surface area contributed by atoms with E-state index in [0.717, 1.165) is 10.8 Å². The van der Waals surface area contributed by atoms with Crippen LogP contribution in [0.5, 0.6) is 0 Å². The minimum atomic E-state index is 0.698. The minimum absolute atomic E-state index is 0.698. The van der Waals surface area contributed by atoms with E-state index in [1.54, 1.807) is 17.5 Å². The quantitative estimate of drug-likeness (QED) is 0.814. The molecule has 0 aromatic carbocycles. The van der Waals surface area contributed by atoms with Crippen molar-refractivity contribution in [2.75, 3.05) is 5.32 Å². The van der Waals surface area contributed by atoms with Gasteiger partial charge in [-0.3, -0.25) is 0 Å². The van der Waals surface area contributed by atoms with E-state index in [1.807, 2.05) is 10.8 Å². The summed E-state index contributed by atoms with van der Waals surface area (Å²) in [5.41, 5.74) is 0.954. The lowest BCUT2D eigenvalue weighted by molar-refractivity contribution is 0.996. The Morgan fingerprint density at radius 1 is 1.50 bits per heavy atom. The standard InChI is InChI=1S/C6H6N4S2/c1-2-11-6(7-1)8-3-5-4-12-10-9-5/h1-2,4H,3H2,(H,7,8). The largest absolute Gasteiger partial charge is 0.356 e. The van der Waals surface area contributed by atoms with E-state index in [2.05, 4.69) is 19.9 Å². The van der Waals surface area contributed by atoms with Crippen LogP contribution in [0.15, 0.2) is 17.0 Å². The second-order valence-electron chi connectivity index (χ2n) is 2.09. The first kappa shape index (κ1) is 7.63. The van der Waals surface area contributed by atoms with Gasteiger partial charge in [0.2, 0.25) is 0 Å². The zero-order valence-corrected chi connectivity index (χ0v) is 7.73. The third-order valence-electron chi connectivity index (χ3n) is 1.26. The third-order valence-corrected chi connectivity index (χ3v) is 2.54. The van der Waals surface area contributed by atoms with Crippen molar-refractivity contribution >= 4 is 28.0 Å². The maximum atomic E-state index is 4.08. The van der Waals surface area contributed by atoms with Crippen LogP contribution in [0.25, 0.3) is 0 Å². The average molecular weight is 198 g/mol. The number of hydrogen-bond acceptors (Lipinski definition) is 6. The van der Waals surface area contributed by atoms with Gasteiger partial charge in [0.15, 0.2) is 5.13 Å². The lowest BCUT2D eigenvalue weighted by Crippen LogP contribution is -1.98. The maximum Gasteiger partial charge on any atom is 0.182 e. The number of nitrogens with one attached hydrogen (secondary N) is 1. The molecule has 2 heterocycles. The van der Waals surface area contributed by atoms with Crippen LogP contribution in [0.4, 0.5) is 5.13 Å². The minimum Gasteiger partial charge on any atom is -0.356 e. The Balaban J connectivity index is 1.91. The number of thiazole rings is 1. The van der Waals surface area contributed by atoms with Gasteiger partial charge in [0.25, 0.3) is 0 Å². The fraction of sp³-hybridized carbons (Fsp3) is 0.167. The van der Waals surface area contributed by atoms with Crippen molar-refractivity contribution in [2.24, 2.45) is 0 Å². The molecule has 0 amide bonds. The summed E-state index contributed by atoms with van der Waals surface area (Å²) in [6, 6.07) is 0. The van der Waals surface area contributed by atoms with Crippen LogP contribution < -0.4 is 5.32 Å². The van der Waals surface area contributed by atoms with Crippen LogP contribution in [-0.2, 0) is 6.54 Å². The number of anilines is 1. The Bertz CT molecular complexity index is 281. The normalized spacial score (nSPS) is 10.0. The zero-order chi connectivity index (χ0) is 8.23. The first-order chi connectivity index (χ1) is 5.95. The van der Waals surface area contributed by atoms with Gasteiger partial charge in [-0.25, -0.2) is 4.98 Å². The molecule has 2 rings (SSSR count). The van der Waals surface area contributed by atoms with Crippen LogP contribution >= 0.6 is 22.9 Å². The molecular formula is C6H6N4S2. The number of hydrogen-bond donors (Lipinski definition) is 1. The molecule has 0 atom stereocenters. The van der Waals surface area contributed by atoms with Crippen LogP contribution in [0.2, 0.25) is 0 Å². The molecule has 12 heavy (non-hydrogen) atoms.